The van der Waals surface area contributed by atoms with Crippen molar-refractivity contribution in [1.82, 2.24) is 47.8 Å². The van der Waals surface area contributed by atoms with Crippen LogP contribution in [0, 0.1) is 17.5 Å². The smallest absolute Gasteiger partial charge is 0.537 e. The summed E-state index contributed by atoms with van der Waals surface area (Å²) in [5.74, 6) is 0.685. The summed E-state index contributed by atoms with van der Waals surface area (Å²) in [4.78, 5) is 32.2. The number of hydrogen-bond acceptors (Lipinski definition) is 14. The molecule has 16 nitrogen and oxygen atoms in total. The van der Waals surface area contributed by atoms with Crippen LogP contribution in [-0.4, -0.2) is 77.4 Å². The van der Waals surface area contributed by atoms with Crippen molar-refractivity contribution in [1.29, 1.82) is 0 Å². The highest BCUT2D eigenvalue weighted by Gasteiger charge is 2.23. The number of benzene rings is 4. The van der Waals surface area contributed by atoms with E-state index in [2.05, 4.69) is 83.2 Å². The molecule has 1 N–H and O–H groups in total. The van der Waals surface area contributed by atoms with Gasteiger partial charge in [-0.3, -0.25) is 0 Å². The molecule has 0 spiro atoms. The Kier molecular flexibility index (Phi) is 18.3. The van der Waals surface area contributed by atoms with Crippen LogP contribution >= 0.6 is 69.0 Å². The number of aromatic nitrogens is 10. The van der Waals surface area contributed by atoms with Crippen LogP contribution in [0.3, 0.4) is 0 Å². The van der Waals surface area contributed by atoms with Crippen LogP contribution in [0.15, 0.2) is 168 Å². The highest BCUT2D eigenvalue weighted by Crippen LogP contribution is 2.32. The van der Waals surface area contributed by atoms with Crippen molar-refractivity contribution in [3.05, 3.63) is 222 Å². The average molecular weight is 1240 g/mol. The van der Waals surface area contributed by atoms with Crippen molar-refractivity contribution in [2.24, 2.45) is 0 Å². The fraction of sp³-hybridized carbons (Fsp3) is 0.0769. The topological polar surface area (TPSA) is 211 Å². The average Bonchev–Trinajstić information content (AvgIpc) is 4.27. The molecule has 4 aromatic carbocycles. The van der Waals surface area contributed by atoms with Crippen molar-refractivity contribution in [2.45, 2.75) is 36.5 Å². The van der Waals surface area contributed by atoms with Crippen LogP contribution < -0.4 is 4.65 Å². The third kappa shape index (κ3) is 13.3. The van der Waals surface area contributed by atoms with Gasteiger partial charge in [0, 0.05) is 36.1 Å². The van der Waals surface area contributed by atoms with Gasteiger partial charge < -0.3 is 9.68 Å². The lowest BCUT2D eigenvalue weighted by Gasteiger charge is -2.08. The maximum Gasteiger partial charge on any atom is 0.569 e. The second kappa shape index (κ2) is 25.0. The lowest BCUT2D eigenvalue weighted by Crippen LogP contribution is -2.14. The Hall–Kier alpha value is -6.63. The van der Waals surface area contributed by atoms with Gasteiger partial charge in [-0.15, -0.1) is 0 Å². The molecular formula is C52H39BCl4IN10O6S2. The Morgan fingerprint density at radius 3 is 1.79 bits per heavy atom. The Bertz CT molecular complexity index is 4010. The van der Waals surface area contributed by atoms with E-state index in [0.29, 0.717) is 49.8 Å². The van der Waals surface area contributed by atoms with Crippen molar-refractivity contribution >= 4 is 137 Å². The lowest BCUT2D eigenvalue weighted by atomic mass is 9.99. The number of nitrogens with zero attached hydrogens (tertiary/aromatic N) is 10. The first kappa shape index (κ1) is 55.6. The van der Waals surface area contributed by atoms with E-state index < -0.39 is 20.0 Å². The van der Waals surface area contributed by atoms with E-state index in [9.17, 15) is 16.8 Å². The number of halogens is 5. The molecule has 24 heteroatoms. The Morgan fingerprint density at radius 2 is 1.14 bits per heavy atom. The fourth-order valence-corrected chi connectivity index (χ4v) is 12.2. The van der Waals surface area contributed by atoms with Gasteiger partial charge in [-0.2, -0.15) is 0 Å². The quantitative estimate of drug-likeness (QED) is 0.0894. The van der Waals surface area contributed by atoms with Gasteiger partial charge in [-0.05, 0) is 166 Å². The van der Waals surface area contributed by atoms with E-state index >= 15 is 0 Å². The summed E-state index contributed by atoms with van der Waals surface area (Å²) < 4.78 is 58.0. The van der Waals surface area contributed by atoms with E-state index in [4.69, 9.17) is 56.1 Å². The Morgan fingerprint density at radius 1 is 0.605 bits per heavy atom. The van der Waals surface area contributed by atoms with Crippen LogP contribution in [0.25, 0.3) is 39.8 Å². The molecular weight excluding hydrogens is 1200 g/mol. The molecule has 10 aromatic rings. The van der Waals surface area contributed by atoms with Gasteiger partial charge in [0.15, 0.2) is 0 Å². The summed E-state index contributed by atoms with van der Waals surface area (Å²) in [6, 6.07) is 35.5. The summed E-state index contributed by atoms with van der Waals surface area (Å²) in [6.45, 7) is 4.04. The summed E-state index contributed by atoms with van der Waals surface area (Å²) in [6.07, 6.45) is 15.8. The van der Waals surface area contributed by atoms with Crippen LogP contribution in [0.5, 0.6) is 5.75 Å². The van der Waals surface area contributed by atoms with E-state index in [1.807, 2.05) is 60.0 Å². The third-order valence-electron chi connectivity index (χ3n) is 11.2. The standard InChI is InChI=1S/C14H11ClN2.C12H7ClIN3O2S.C12H8ClN3O2S.C7H8BO2.C7H5ClN2/c1-9-4-2-3-5-12(9)10-6-11-8-16-14(15)17-13(11)7-10;13-12-15-7-10-9(16-12)6-11(14)17(10)20(18,19)8-4-2-1-3-5-8;13-12-14-8-11-10(15-12)6-7-16(11)19(17,18)9-4-2-1-3-5-9;1-6-4-2-3-5-7(6)10-8-9;8-7-9-4-5-2-1-3-6(5)10-7/h2-5,7-8H,6H2,1H3;1-7H;1-8H;2-5,9H,1H3;1,3-4H,2H2. The van der Waals surface area contributed by atoms with Gasteiger partial charge in [0.25, 0.3) is 20.0 Å². The highest BCUT2D eigenvalue weighted by atomic mass is 127. The fourth-order valence-electron chi connectivity index (χ4n) is 7.58. The molecule has 2 aliphatic rings. The van der Waals surface area contributed by atoms with Gasteiger partial charge in [-0.25, -0.2) is 64.7 Å². The number of para-hydroxylation sites is 1. The summed E-state index contributed by atoms with van der Waals surface area (Å²) in [7, 11) is -6.64. The summed E-state index contributed by atoms with van der Waals surface area (Å²) in [5, 5.41) is 9.10. The molecule has 0 amide bonds. The predicted octanol–water partition coefficient (Wildman–Crippen LogP) is 11.4. The molecule has 383 valence electrons. The molecule has 76 heavy (non-hydrogen) atoms. The van der Waals surface area contributed by atoms with Gasteiger partial charge in [0.2, 0.25) is 21.1 Å². The first-order valence-electron chi connectivity index (χ1n) is 22.5. The monoisotopic (exact) mass is 1240 g/mol. The SMILES string of the molecule is Cc1ccccc1C1=Cc2nc(Cl)ncc2C1.Cc1ccccc1O[B]O.Clc1ncc2c(n1)C=CC2.O=S(=O)(c1ccccc1)n1c(I)cc2nc(Cl)ncc21.O=S(=O)(c1ccccc1)n1ccc2nc(Cl)ncc21. The van der Waals surface area contributed by atoms with Crippen molar-refractivity contribution < 1.29 is 26.5 Å². The number of aryl methyl sites for hydroxylation is 2. The normalized spacial score (nSPS) is 12.1. The zero-order valence-electron chi connectivity index (χ0n) is 39.8. The van der Waals surface area contributed by atoms with E-state index in [0.717, 1.165) is 44.9 Å². The maximum absolute atomic E-state index is 12.7. The minimum absolute atomic E-state index is 0.0855. The van der Waals surface area contributed by atoms with Crippen LogP contribution in [0.2, 0.25) is 21.1 Å². The number of hydrogen-bond donors (Lipinski definition) is 1. The zero-order chi connectivity index (χ0) is 54.0. The molecule has 0 saturated heterocycles. The molecule has 6 heterocycles. The second-order valence-corrected chi connectivity index (χ2v) is 22.2. The van der Waals surface area contributed by atoms with E-state index in [-0.39, 0.29) is 20.4 Å². The van der Waals surface area contributed by atoms with Gasteiger partial charge in [-0.1, -0.05) is 84.9 Å². The number of fused-ring (bicyclic) bond motifs is 4. The molecule has 2 aliphatic carbocycles. The molecule has 12 rings (SSSR count). The lowest BCUT2D eigenvalue weighted by molar-refractivity contribution is 0.452. The molecule has 1 radical (unpaired) electrons. The highest BCUT2D eigenvalue weighted by molar-refractivity contribution is 14.1. The minimum Gasteiger partial charge on any atom is -0.537 e. The van der Waals surface area contributed by atoms with Crippen molar-refractivity contribution in [3.8, 4) is 5.75 Å². The van der Waals surface area contributed by atoms with Crippen LogP contribution in [-0.2, 0) is 32.9 Å². The second-order valence-electron chi connectivity index (χ2n) is 16.2. The minimum atomic E-state index is -3.68. The molecule has 0 atom stereocenters. The third-order valence-corrected chi connectivity index (χ3v) is 16.5. The van der Waals surface area contributed by atoms with Crippen molar-refractivity contribution in [2.75, 3.05) is 0 Å². The predicted molar refractivity (Wildman–Crippen MR) is 305 cm³/mol. The first-order valence-corrected chi connectivity index (χ1v) is 27.9. The molecule has 0 aliphatic heterocycles. The zero-order valence-corrected chi connectivity index (χ0v) is 46.6. The molecule has 6 aromatic heterocycles. The summed E-state index contributed by atoms with van der Waals surface area (Å²) in [5.41, 5.74) is 10.8. The van der Waals surface area contributed by atoms with Gasteiger partial charge in [0.1, 0.15) is 16.8 Å². The number of allylic oxidation sites excluding steroid dienone is 2. The molecule has 0 saturated carbocycles. The first-order chi connectivity index (χ1) is 36.5. The van der Waals surface area contributed by atoms with E-state index in [1.54, 1.807) is 72.9 Å². The number of rotatable bonds is 7. The Balaban J connectivity index is 0.000000129. The van der Waals surface area contributed by atoms with Crippen LogP contribution in [0.4, 0.5) is 0 Å². The molecule has 0 bridgehead atoms. The van der Waals surface area contributed by atoms with Crippen molar-refractivity contribution in [3.63, 3.8) is 0 Å². The molecule has 0 fully saturated rings. The largest absolute Gasteiger partial charge is 0.569 e. The van der Waals surface area contributed by atoms with Gasteiger partial charge in [0.05, 0.1) is 48.3 Å². The molecule has 0 unspecified atom stereocenters. The maximum atomic E-state index is 12.7. The van der Waals surface area contributed by atoms with Crippen LogP contribution in [0.1, 0.15) is 39.2 Å². The van der Waals surface area contributed by atoms with E-state index in [1.165, 1.54) is 51.4 Å². The Labute approximate surface area is 471 Å². The summed E-state index contributed by atoms with van der Waals surface area (Å²) >= 11 is 24.7. The van der Waals surface area contributed by atoms with Gasteiger partial charge >= 0.3 is 7.69 Å².